The largest absolute Gasteiger partial charge is 0.495 e. The number of anilines is 2. The molecule has 0 aliphatic carbocycles. The number of hydrogen-bond donors (Lipinski definition) is 1. The molecule has 6 nitrogen and oxygen atoms in total. The number of methoxy groups -OCH3 is 1. The van der Waals surface area contributed by atoms with Crippen LogP contribution >= 0.6 is 11.6 Å². The predicted octanol–water partition coefficient (Wildman–Crippen LogP) is 3.28. The lowest BCUT2D eigenvalue weighted by atomic mass is 10.2. The molecule has 1 heterocycles. The number of carbonyl (C=O) groups excluding carboxylic acids is 1. The van der Waals surface area contributed by atoms with Crippen LogP contribution in [0.5, 0.6) is 5.75 Å². The fraction of sp³-hybridized carbons (Fsp3) is 0.235. The van der Waals surface area contributed by atoms with Crippen molar-refractivity contribution in [1.29, 1.82) is 0 Å². The third-order valence-electron chi connectivity index (χ3n) is 3.94. The van der Waals surface area contributed by atoms with Gasteiger partial charge in [0.1, 0.15) is 10.6 Å². The number of nitrogens with one attached hydrogen (secondary N) is 1. The molecule has 0 saturated carbocycles. The van der Waals surface area contributed by atoms with Gasteiger partial charge in [0.2, 0.25) is 5.91 Å². The number of nitrogens with zero attached hydrogens (tertiary/aromatic N) is 1. The lowest BCUT2D eigenvalue weighted by molar-refractivity contribution is -0.117. The number of ether oxygens (including phenoxy) is 1. The van der Waals surface area contributed by atoms with Crippen LogP contribution in [0, 0.1) is 0 Å². The highest BCUT2D eigenvalue weighted by molar-refractivity contribution is 7.92. The van der Waals surface area contributed by atoms with Crippen molar-refractivity contribution in [2.45, 2.75) is 17.7 Å². The molecule has 1 N–H and O–H groups in total. The van der Waals surface area contributed by atoms with Gasteiger partial charge >= 0.3 is 0 Å². The molecule has 0 bridgehead atoms. The van der Waals surface area contributed by atoms with Gasteiger partial charge in [-0.05, 0) is 36.8 Å². The first kappa shape index (κ1) is 17.6. The van der Waals surface area contributed by atoms with Crippen LogP contribution < -0.4 is 14.4 Å². The Labute approximate surface area is 151 Å². The third-order valence-corrected chi connectivity index (χ3v) is 5.67. The average Bonchev–Trinajstić information content (AvgIpc) is 3.02. The molecule has 0 atom stereocenters. The minimum atomic E-state index is -3.90. The highest BCUT2D eigenvalue weighted by Gasteiger charge is 2.24. The van der Waals surface area contributed by atoms with Crippen molar-refractivity contribution in [3.05, 3.63) is 47.5 Å². The summed E-state index contributed by atoms with van der Waals surface area (Å²) in [6.45, 7) is 0.610. The first-order valence-corrected chi connectivity index (χ1v) is 9.54. The second kappa shape index (κ2) is 6.93. The Morgan fingerprint density at radius 1 is 1.20 bits per heavy atom. The maximum atomic E-state index is 12.7. The Hall–Kier alpha value is -2.25. The molecule has 0 unspecified atom stereocenters. The summed E-state index contributed by atoms with van der Waals surface area (Å²) in [4.78, 5) is 13.5. The molecular weight excluding hydrogens is 364 g/mol. The first-order valence-electron chi connectivity index (χ1n) is 7.68. The van der Waals surface area contributed by atoms with Crippen molar-refractivity contribution in [2.75, 3.05) is 23.3 Å². The van der Waals surface area contributed by atoms with Crippen LogP contribution in [0.3, 0.4) is 0 Å². The minimum absolute atomic E-state index is 0.0104. The van der Waals surface area contributed by atoms with Crippen molar-refractivity contribution in [2.24, 2.45) is 0 Å². The van der Waals surface area contributed by atoms with Crippen molar-refractivity contribution in [1.82, 2.24) is 0 Å². The summed E-state index contributed by atoms with van der Waals surface area (Å²) in [5.41, 5.74) is 0.828. The summed E-state index contributed by atoms with van der Waals surface area (Å²) in [5, 5.41) is 0.244. The van der Waals surface area contributed by atoms with Crippen LogP contribution in [0.25, 0.3) is 0 Å². The number of halogens is 1. The normalized spacial score (nSPS) is 14.6. The fourth-order valence-corrected chi connectivity index (χ4v) is 4.18. The quantitative estimate of drug-likeness (QED) is 0.863. The van der Waals surface area contributed by atoms with E-state index in [1.807, 2.05) is 0 Å². The molecule has 1 saturated heterocycles. The summed E-state index contributed by atoms with van der Waals surface area (Å²) in [5.74, 6) is 0.248. The van der Waals surface area contributed by atoms with Crippen molar-refractivity contribution < 1.29 is 17.9 Å². The number of sulfonamides is 1. The molecule has 1 aliphatic heterocycles. The van der Waals surface area contributed by atoms with Gasteiger partial charge in [0.05, 0.1) is 17.8 Å². The summed E-state index contributed by atoms with van der Waals surface area (Å²) in [6, 6.07) is 11.1. The topological polar surface area (TPSA) is 75.7 Å². The smallest absolute Gasteiger partial charge is 0.265 e. The Balaban J connectivity index is 1.95. The van der Waals surface area contributed by atoms with E-state index < -0.39 is 10.0 Å². The Morgan fingerprint density at radius 2 is 1.96 bits per heavy atom. The summed E-state index contributed by atoms with van der Waals surface area (Å²) in [7, 11) is -2.49. The number of benzene rings is 2. The first-order chi connectivity index (χ1) is 11.9. The van der Waals surface area contributed by atoms with E-state index in [2.05, 4.69) is 4.72 Å². The lowest BCUT2D eigenvalue weighted by Crippen LogP contribution is -2.24. The molecule has 1 amide bonds. The van der Waals surface area contributed by atoms with Gasteiger partial charge in [-0.1, -0.05) is 23.7 Å². The molecule has 2 aromatic carbocycles. The van der Waals surface area contributed by atoms with Gasteiger partial charge in [0.25, 0.3) is 10.0 Å². The van der Waals surface area contributed by atoms with Crippen molar-refractivity contribution in [3.63, 3.8) is 0 Å². The monoisotopic (exact) mass is 380 g/mol. The van der Waals surface area contributed by atoms with Crippen LogP contribution in [0.2, 0.25) is 5.02 Å². The molecule has 1 aliphatic rings. The van der Waals surface area contributed by atoms with E-state index in [0.717, 1.165) is 6.42 Å². The second-order valence-corrected chi connectivity index (χ2v) is 7.63. The van der Waals surface area contributed by atoms with E-state index in [-0.39, 0.29) is 27.3 Å². The van der Waals surface area contributed by atoms with Gasteiger partial charge in [-0.15, -0.1) is 0 Å². The van der Waals surface area contributed by atoms with E-state index in [0.29, 0.717) is 18.7 Å². The second-order valence-electron chi connectivity index (χ2n) is 5.57. The Bertz CT molecular complexity index is 915. The molecule has 0 aromatic heterocycles. The summed E-state index contributed by atoms with van der Waals surface area (Å²) in [6.07, 6.45) is 1.27. The third kappa shape index (κ3) is 3.57. The zero-order chi connectivity index (χ0) is 18.0. The average molecular weight is 381 g/mol. The highest BCUT2D eigenvalue weighted by Crippen LogP contribution is 2.32. The Kier molecular flexibility index (Phi) is 4.87. The maximum Gasteiger partial charge on any atom is 0.265 e. The summed E-state index contributed by atoms with van der Waals surface area (Å²) >= 11 is 6.14. The molecule has 0 radical (unpaired) electrons. The van der Waals surface area contributed by atoms with Crippen LogP contribution in [-0.2, 0) is 14.8 Å². The zero-order valence-corrected chi connectivity index (χ0v) is 15.1. The number of para-hydroxylation sites is 1. The fourth-order valence-electron chi connectivity index (χ4n) is 2.72. The number of carbonyl (C=O) groups is 1. The zero-order valence-electron chi connectivity index (χ0n) is 13.5. The molecule has 2 aromatic rings. The Morgan fingerprint density at radius 3 is 2.64 bits per heavy atom. The highest BCUT2D eigenvalue weighted by atomic mass is 35.5. The molecule has 1 fully saturated rings. The van der Waals surface area contributed by atoms with Gasteiger partial charge in [0, 0.05) is 18.7 Å². The molecular formula is C17H17ClN2O4S. The SMILES string of the molecule is COc1ccccc1S(=O)(=O)Nc1cc(N2CCCC2=O)ccc1Cl. The van der Waals surface area contributed by atoms with Crippen LogP contribution in [0.1, 0.15) is 12.8 Å². The van der Waals surface area contributed by atoms with Crippen molar-refractivity contribution >= 4 is 38.9 Å². The molecule has 132 valence electrons. The minimum Gasteiger partial charge on any atom is -0.495 e. The van der Waals surface area contributed by atoms with Crippen molar-refractivity contribution in [3.8, 4) is 5.75 Å². The van der Waals surface area contributed by atoms with Crippen LogP contribution in [-0.4, -0.2) is 28.0 Å². The summed E-state index contributed by atoms with van der Waals surface area (Å²) < 4.78 is 33.0. The van der Waals surface area contributed by atoms with Gasteiger partial charge in [-0.25, -0.2) is 8.42 Å². The lowest BCUT2D eigenvalue weighted by Gasteiger charge is -2.18. The van der Waals surface area contributed by atoms with Gasteiger partial charge in [-0.3, -0.25) is 9.52 Å². The van der Waals surface area contributed by atoms with Gasteiger partial charge in [0.15, 0.2) is 0 Å². The molecule has 3 rings (SSSR count). The van der Waals surface area contributed by atoms with E-state index in [9.17, 15) is 13.2 Å². The van der Waals surface area contributed by atoms with E-state index >= 15 is 0 Å². The number of amides is 1. The number of hydrogen-bond acceptors (Lipinski definition) is 4. The van der Waals surface area contributed by atoms with Gasteiger partial charge in [-0.2, -0.15) is 0 Å². The van der Waals surface area contributed by atoms with E-state index in [1.165, 1.54) is 13.2 Å². The number of rotatable bonds is 5. The van der Waals surface area contributed by atoms with Crippen LogP contribution in [0.4, 0.5) is 11.4 Å². The van der Waals surface area contributed by atoms with Gasteiger partial charge < -0.3 is 9.64 Å². The van der Waals surface area contributed by atoms with Crippen LogP contribution in [0.15, 0.2) is 47.4 Å². The predicted molar refractivity (Wildman–Crippen MR) is 96.8 cm³/mol. The standard InChI is InChI=1S/C17H17ClN2O4S/c1-24-15-5-2-3-6-16(15)25(22,23)19-14-11-12(8-9-13(14)18)20-10-4-7-17(20)21/h2-3,5-6,8-9,11,19H,4,7,10H2,1H3. The molecule has 8 heteroatoms. The van der Waals surface area contributed by atoms with E-state index in [4.69, 9.17) is 16.3 Å². The van der Waals surface area contributed by atoms with E-state index in [1.54, 1.807) is 41.3 Å². The molecule has 0 spiro atoms. The molecule has 25 heavy (non-hydrogen) atoms. The maximum absolute atomic E-state index is 12.7.